The molecule has 30 heavy (non-hydrogen) atoms. The average Bonchev–Trinajstić information content (AvgIpc) is 2.72. The highest BCUT2D eigenvalue weighted by molar-refractivity contribution is 6.37. The van der Waals surface area contributed by atoms with Crippen molar-refractivity contribution in [3.8, 4) is 11.5 Å². The Morgan fingerprint density at radius 1 is 0.967 bits per heavy atom. The number of Topliss-reactive ketones (excluding diaryl/α,β-unsaturated/α-hetero) is 1. The molecule has 1 heterocycles. The van der Waals surface area contributed by atoms with Gasteiger partial charge in [-0.3, -0.25) is 14.6 Å². The van der Waals surface area contributed by atoms with E-state index in [9.17, 15) is 9.59 Å². The van der Waals surface area contributed by atoms with Gasteiger partial charge in [-0.15, -0.1) is 0 Å². The summed E-state index contributed by atoms with van der Waals surface area (Å²) >= 11 is 12.0. The highest BCUT2D eigenvalue weighted by Crippen LogP contribution is 2.26. The van der Waals surface area contributed by atoms with Gasteiger partial charge >= 0.3 is 0 Å². The summed E-state index contributed by atoms with van der Waals surface area (Å²) in [5.41, 5.74) is 0.931. The molecular weight excluding hydrogens is 427 g/mol. The maximum Gasteiger partial charge on any atom is 0.257 e. The molecule has 0 spiro atoms. The van der Waals surface area contributed by atoms with Gasteiger partial charge < -0.3 is 14.8 Å². The van der Waals surface area contributed by atoms with E-state index < -0.39 is 5.91 Å². The molecule has 0 atom stereocenters. The summed E-state index contributed by atoms with van der Waals surface area (Å²) in [5.74, 6) is 0.462. The van der Waals surface area contributed by atoms with Crippen molar-refractivity contribution in [3.63, 3.8) is 0 Å². The number of halogens is 2. The summed E-state index contributed by atoms with van der Waals surface area (Å²) in [4.78, 5) is 28.6. The summed E-state index contributed by atoms with van der Waals surface area (Å²) in [6.45, 7) is 2.00. The lowest BCUT2D eigenvalue weighted by molar-refractivity contribution is 0.101. The third-order valence-corrected chi connectivity index (χ3v) is 4.60. The van der Waals surface area contributed by atoms with Gasteiger partial charge in [-0.2, -0.15) is 0 Å². The Labute approximate surface area is 183 Å². The smallest absolute Gasteiger partial charge is 0.257 e. The third kappa shape index (κ3) is 5.72. The van der Waals surface area contributed by atoms with Crippen molar-refractivity contribution in [1.82, 2.24) is 4.98 Å². The van der Waals surface area contributed by atoms with Crippen LogP contribution in [0.25, 0.3) is 0 Å². The van der Waals surface area contributed by atoms with E-state index in [1.54, 1.807) is 48.8 Å². The van der Waals surface area contributed by atoms with E-state index in [-0.39, 0.29) is 23.0 Å². The molecule has 0 aliphatic carbocycles. The quantitative estimate of drug-likeness (QED) is 0.376. The first-order chi connectivity index (χ1) is 14.4. The van der Waals surface area contributed by atoms with Gasteiger partial charge in [-0.25, -0.2) is 0 Å². The Morgan fingerprint density at radius 3 is 2.40 bits per heavy atom. The molecule has 0 unspecified atom stereocenters. The Kier molecular flexibility index (Phi) is 7.27. The second-order valence-corrected chi connectivity index (χ2v) is 7.07. The minimum atomic E-state index is -0.447. The number of amides is 1. The SMILES string of the molecule is CC(=O)c1cc(OCCOc2cccnc2)ccc1NC(=O)c1ccc(Cl)cc1Cl. The molecule has 154 valence electrons. The zero-order valence-electron chi connectivity index (χ0n) is 16.0. The van der Waals surface area contributed by atoms with Crippen LogP contribution in [0.15, 0.2) is 60.9 Å². The predicted octanol–water partition coefficient (Wildman–Crippen LogP) is 5.30. The highest BCUT2D eigenvalue weighted by atomic mass is 35.5. The zero-order valence-corrected chi connectivity index (χ0v) is 17.5. The lowest BCUT2D eigenvalue weighted by Gasteiger charge is -2.13. The van der Waals surface area contributed by atoms with Crippen molar-refractivity contribution in [3.05, 3.63) is 82.1 Å². The predicted molar refractivity (Wildman–Crippen MR) is 116 cm³/mol. The molecule has 3 rings (SSSR count). The zero-order chi connectivity index (χ0) is 21.5. The van der Waals surface area contributed by atoms with Gasteiger partial charge in [0.15, 0.2) is 5.78 Å². The summed E-state index contributed by atoms with van der Waals surface area (Å²) in [7, 11) is 0. The normalized spacial score (nSPS) is 10.4. The Balaban J connectivity index is 1.66. The van der Waals surface area contributed by atoms with Gasteiger partial charge in [0.25, 0.3) is 5.91 Å². The molecule has 8 heteroatoms. The summed E-state index contributed by atoms with van der Waals surface area (Å²) in [5, 5.41) is 3.36. The Morgan fingerprint density at radius 2 is 1.73 bits per heavy atom. The number of aromatic nitrogens is 1. The van der Waals surface area contributed by atoms with Gasteiger partial charge in [0.1, 0.15) is 24.7 Å². The molecular formula is C22H18Cl2N2O4. The highest BCUT2D eigenvalue weighted by Gasteiger charge is 2.15. The fraction of sp³-hybridized carbons (Fsp3) is 0.136. The van der Waals surface area contributed by atoms with Gasteiger partial charge in [0.2, 0.25) is 0 Å². The van der Waals surface area contributed by atoms with Gasteiger partial charge in [0.05, 0.1) is 22.5 Å². The maximum absolute atomic E-state index is 12.5. The topological polar surface area (TPSA) is 77.5 Å². The first kappa shape index (κ1) is 21.6. The Bertz CT molecular complexity index is 1060. The molecule has 0 aliphatic heterocycles. The largest absolute Gasteiger partial charge is 0.490 e. The fourth-order valence-electron chi connectivity index (χ4n) is 2.63. The molecule has 0 bridgehead atoms. The van der Waals surface area contributed by atoms with Gasteiger partial charge in [-0.05, 0) is 55.5 Å². The van der Waals surface area contributed by atoms with E-state index >= 15 is 0 Å². The van der Waals surface area contributed by atoms with Crippen molar-refractivity contribution >= 4 is 40.6 Å². The monoisotopic (exact) mass is 444 g/mol. The van der Waals surface area contributed by atoms with Crippen LogP contribution in [0.2, 0.25) is 10.0 Å². The number of carbonyl (C=O) groups is 2. The van der Waals surface area contributed by atoms with E-state index in [4.69, 9.17) is 32.7 Å². The number of nitrogens with one attached hydrogen (secondary N) is 1. The van der Waals surface area contributed by atoms with Crippen LogP contribution in [-0.2, 0) is 0 Å². The molecule has 0 fully saturated rings. The van der Waals surface area contributed by atoms with Crippen LogP contribution < -0.4 is 14.8 Å². The van der Waals surface area contributed by atoms with Crippen LogP contribution in [0.4, 0.5) is 5.69 Å². The van der Waals surface area contributed by atoms with Crippen LogP contribution in [0, 0.1) is 0 Å². The summed E-state index contributed by atoms with van der Waals surface area (Å²) in [6, 6.07) is 13.0. The molecule has 6 nitrogen and oxygen atoms in total. The third-order valence-electron chi connectivity index (χ3n) is 4.05. The van der Waals surface area contributed by atoms with E-state index in [0.29, 0.717) is 34.4 Å². The molecule has 2 aromatic carbocycles. The molecule has 0 saturated carbocycles. The van der Waals surface area contributed by atoms with Crippen LogP contribution >= 0.6 is 23.2 Å². The number of nitrogens with zero attached hydrogens (tertiary/aromatic N) is 1. The fourth-order valence-corrected chi connectivity index (χ4v) is 3.12. The molecule has 1 amide bonds. The average molecular weight is 445 g/mol. The van der Waals surface area contributed by atoms with Crippen molar-refractivity contribution in [1.29, 1.82) is 0 Å². The van der Waals surface area contributed by atoms with Crippen molar-refractivity contribution in [2.75, 3.05) is 18.5 Å². The van der Waals surface area contributed by atoms with Crippen LogP contribution in [0.1, 0.15) is 27.6 Å². The molecule has 1 aromatic heterocycles. The van der Waals surface area contributed by atoms with Crippen molar-refractivity contribution < 1.29 is 19.1 Å². The second-order valence-electron chi connectivity index (χ2n) is 6.23. The molecule has 0 radical (unpaired) electrons. The number of carbonyl (C=O) groups excluding carboxylic acids is 2. The van der Waals surface area contributed by atoms with Gasteiger partial charge in [-0.1, -0.05) is 23.2 Å². The number of anilines is 1. The lowest BCUT2D eigenvalue weighted by atomic mass is 10.1. The molecule has 0 saturated heterocycles. The van der Waals surface area contributed by atoms with Crippen LogP contribution in [-0.4, -0.2) is 29.9 Å². The standard InChI is InChI=1S/C22H18Cl2N2O4/c1-14(27)19-12-16(29-9-10-30-17-3-2-8-25-13-17)5-7-21(19)26-22(28)18-6-4-15(23)11-20(18)24/h2-8,11-13H,9-10H2,1H3,(H,26,28). The second kappa shape index (κ2) is 10.1. The number of benzene rings is 2. The van der Waals surface area contributed by atoms with Gasteiger partial charge in [0, 0.05) is 16.8 Å². The maximum atomic E-state index is 12.5. The summed E-state index contributed by atoms with van der Waals surface area (Å²) < 4.78 is 11.2. The first-order valence-electron chi connectivity index (χ1n) is 9.01. The van der Waals surface area contributed by atoms with E-state index in [1.807, 2.05) is 0 Å². The minimum Gasteiger partial charge on any atom is -0.490 e. The van der Waals surface area contributed by atoms with Crippen molar-refractivity contribution in [2.24, 2.45) is 0 Å². The number of hydrogen-bond acceptors (Lipinski definition) is 5. The van der Waals surface area contributed by atoms with Crippen LogP contribution in [0.3, 0.4) is 0 Å². The van der Waals surface area contributed by atoms with E-state index in [1.165, 1.54) is 19.1 Å². The molecule has 0 aliphatic rings. The number of hydrogen-bond donors (Lipinski definition) is 1. The van der Waals surface area contributed by atoms with E-state index in [2.05, 4.69) is 10.3 Å². The minimum absolute atomic E-state index is 0.218. The molecule has 1 N–H and O–H groups in total. The first-order valence-corrected chi connectivity index (χ1v) is 9.76. The lowest BCUT2D eigenvalue weighted by Crippen LogP contribution is -2.15. The molecule has 3 aromatic rings. The van der Waals surface area contributed by atoms with Crippen LogP contribution in [0.5, 0.6) is 11.5 Å². The number of ketones is 1. The van der Waals surface area contributed by atoms with E-state index in [0.717, 1.165) is 0 Å². The van der Waals surface area contributed by atoms with Crippen molar-refractivity contribution in [2.45, 2.75) is 6.92 Å². The Hall–Kier alpha value is -3.09. The number of ether oxygens (including phenoxy) is 2. The summed E-state index contributed by atoms with van der Waals surface area (Å²) in [6.07, 6.45) is 3.27. The number of pyridine rings is 1. The number of rotatable bonds is 8.